The van der Waals surface area contributed by atoms with Gasteiger partial charge in [-0.05, 0) is 25.0 Å². The number of nitrogens with one attached hydrogen (secondary N) is 1. The van der Waals surface area contributed by atoms with E-state index in [1.807, 2.05) is 0 Å². The molecule has 0 bridgehead atoms. The second-order valence-corrected chi connectivity index (χ2v) is 10.2. The number of sulfonamides is 1. The third-order valence-electron chi connectivity index (χ3n) is 4.81. The minimum absolute atomic E-state index is 0.0289. The first kappa shape index (κ1) is 24.2. The summed E-state index contributed by atoms with van der Waals surface area (Å²) in [6.07, 6.45) is 1.63. The summed E-state index contributed by atoms with van der Waals surface area (Å²) in [4.78, 5) is 21.9. The second kappa shape index (κ2) is 10.4. The Labute approximate surface area is 188 Å². The van der Waals surface area contributed by atoms with Crippen LogP contribution in [0.25, 0.3) is 0 Å². The Balaban J connectivity index is 1.85. The Morgan fingerprint density at radius 3 is 2.66 bits per heavy atom. The maximum absolute atomic E-state index is 13.2. The van der Waals surface area contributed by atoms with E-state index in [0.717, 1.165) is 10.5 Å². The molecule has 2 aromatic rings. The number of carbonyl (C=O) groups excluding carboxylic acids is 1. The van der Waals surface area contributed by atoms with Crippen molar-refractivity contribution in [3.05, 3.63) is 41.2 Å². The number of anilines is 1. The Hall–Kier alpha value is -2.45. The van der Waals surface area contributed by atoms with Crippen molar-refractivity contribution in [2.24, 2.45) is 5.16 Å². The van der Waals surface area contributed by atoms with Crippen LogP contribution in [0, 0.1) is 5.13 Å². The summed E-state index contributed by atoms with van der Waals surface area (Å²) in [5.41, 5.74) is 0.108. The lowest BCUT2D eigenvalue weighted by atomic mass is 10.1. The minimum Gasteiger partial charge on any atom is -0.395 e. The van der Waals surface area contributed by atoms with Crippen molar-refractivity contribution >= 4 is 38.1 Å². The molecule has 2 atom stereocenters. The first-order chi connectivity index (χ1) is 15.2. The highest BCUT2D eigenvalue weighted by molar-refractivity contribution is 7.89. The van der Waals surface area contributed by atoms with E-state index in [0.29, 0.717) is 30.6 Å². The third-order valence-corrected chi connectivity index (χ3v) is 7.39. The molecule has 10 nitrogen and oxygen atoms in total. The van der Waals surface area contributed by atoms with Crippen LogP contribution in [0.1, 0.15) is 24.8 Å². The molecule has 1 aromatic carbocycles. The number of aliphatic hydroxyl groups excluding tert-OH is 2. The standard InChI is InChI=1S/C19H23FN4O6S2/c1-24(8-9-25)32(28,29)15-6-2-12(3-7-15)17(23-30-14-5-4-13(26)10-14)18(27)22-19-21-11-16(20)31-19/h2-3,6-7,11,13-14,25-26H,4-5,8-10H2,1H3,(H,21,22,27)/b23-17+/t13-,14-/m1/s1. The van der Waals surface area contributed by atoms with E-state index in [1.165, 1.54) is 31.3 Å². The molecule has 32 heavy (non-hydrogen) atoms. The summed E-state index contributed by atoms with van der Waals surface area (Å²) in [7, 11) is -2.47. The van der Waals surface area contributed by atoms with Crippen molar-refractivity contribution in [1.82, 2.24) is 9.29 Å². The number of nitrogens with zero attached hydrogens (tertiary/aromatic N) is 3. The van der Waals surface area contributed by atoms with Crippen molar-refractivity contribution in [1.29, 1.82) is 0 Å². The van der Waals surface area contributed by atoms with Gasteiger partial charge in [-0.25, -0.2) is 13.4 Å². The quantitative estimate of drug-likeness (QED) is 0.357. The van der Waals surface area contributed by atoms with E-state index < -0.39 is 27.2 Å². The zero-order valence-corrected chi connectivity index (χ0v) is 18.8. The van der Waals surface area contributed by atoms with Gasteiger partial charge < -0.3 is 15.1 Å². The van der Waals surface area contributed by atoms with E-state index in [2.05, 4.69) is 15.5 Å². The van der Waals surface area contributed by atoms with Crippen LogP contribution in [-0.2, 0) is 19.7 Å². The number of carbonyl (C=O) groups is 1. The SMILES string of the molecule is CN(CCO)S(=O)(=O)c1ccc(/C(=N\O[C@@H]2CC[C@@H](O)C2)C(=O)Nc2ncc(F)s2)cc1. The van der Waals surface area contributed by atoms with Gasteiger partial charge in [-0.3, -0.25) is 10.1 Å². The molecule has 0 radical (unpaired) electrons. The van der Waals surface area contributed by atoms with Crippen LogP contribution in [0.2, 0.25) is 0 Å². The zero-order valence-electron chi connectivity index (χ0n) is 17.1. The number of halogens is 1. The van der Waals surface area contributed by atoms with Gasteiger partial charge in [-0.1, -0.05) is 28.6 Å². The Morgan fingerprint density at radius 1 is 1.38 bits per heavy atom. The van der Waals surface area contributed by atoms with Crippen LogP contribution >= 0.6 is 11.3 Å². The van der Waals surface area contributed by atoms with Gasteiger partial charge in [0, 0.05) is 25.6 Å². The monoisotopic (exact) mass is 486 g/mol. The number of benzene rings is 1. The maximum atomic E-state index is 13.2. The number of hydrogen-bond acceptors (Lipinski definition) is 9. The first-order valence-corrected chi connectivity index (χ1v) is 12.0. The molecular formula is C19H23FN4O6S2. The van der Waals surface area contributed by atoms with Crippen LogP contribution in [0.5, 0.6) is 0 Å². The largest absolute Gasteiger partial charge is 0.395 e. The van der Waals surface area contributed by atoms with Crippen LogP contribution in [0.4, 0.5) is 9.52 Å². The van der Waals surface area contributed by atoms with Crippen LogP contribution in [0.15, 0.2) is 40.5 Å². The fourth-order valence-corrected chi connectivity index (χ4v) is 4.76. The van der Waals surface area contributed by atoms with Crippen molar-refractivity contribution in [3.63, 3.8) is 0 Å². The van der Waals surface area contributed by atoms with E-state index in [-0.39, 0.29) is 40.6 Å². The number of thiazole rings is 1. The zero-order chi connectivity index (χ0) is 23.3. The van der Waals surface area contributed by atoms with Crippen molar-refractivity contribution in [2.45, 2.75) is 36.4 Å². The fourth-order valence-electron chi connectivity index (χ4n) is 3.06. The molecule has 3 N–H and O–H groups in total. The maximum Gasteiger partial charge on any atom is 0.280 e. The Kier molecular flexibility index (Phi) is 7.90. The summed E-state index contributed by atoms with van der Waals surface area (Å²) in [6, 6.07) is 5.41. The van der Waals surface area contributed by atoms with E-state index in [1.54, 1.807) is 0 Å². The van der Waals surface area contributed by atoms with Crippen molar-refractivity contribution < 1.29 is 32.7 Å². The normalized spacial score (nSPS) is 19.3. The average Bonchev–Trinajstić information content (AvgIpc) is 3.36. The molecule has 1 saturated carbocycles. The van der Waals surface area contributed by atoms with Gasteiger partial charge in [-0.2, -0.15) is 8.70 Å². The molecular weight excluding hydrogens is 463 g/mol. The predicted molar refractivity (Wildman–Crippen MR) is 115 cm³/mol. The molecule has 1 amide bonds. The predicted octanol–water partition coefficient (Wildman–Crippen LogP) is 1.17. The lowest BCUT2D eigenvalue weighted by Gasteiger charge is -2.16. The Bertz CT molecular complexity index is 1070. The van der Waals surface area contributed by atoms with Gasteiger partial charge in [0.15, 0.2) is 16.0 Å². The third kappa shape index (κ3) is 5.86. The van der Waals surface area contributed by atoms with Gasteiger partial charge in [0.25, 0.3) is 5.91 Å². The topological polar surface area (TPSA) is 141 Å². The summed E-state index contributed by atoms with van der Waals surface area (Å²) in [5.74, 6) is -0.717. The molecule has 0 saturated heterocycles. The first-order valence-electron chi connectivity index (χ1n) is 9.73. The summed E-state index contributed by atoms with van der Waals surface area (Å²) < 4.78 is 39.3. The molecule has 0 aliphatic heterocycles. The highest BCUT2D eigenvalue weighted by Crippen LogP contribution is 2.23. The molecule has 1 aliphatic rings. The number of likely N-dealkylation sites (N-methyl/N-ethyl adjacent to an activating group) is 1. The highest BCUT2D eigenvalue weighted by Gasteiger charge is 2.26. The van der Waals surface area contributed by atoms with Gasteiger partial charge in [0.1, 0.15) is 6.10 Å². The van der Waals surface area contributed by atoms with Crippen molar-refractivity contribution in [2.75, 3.05) is 25.5 Å². The molecule has 1 aromatic heterocycles. The number of aliphatic hydroxyl groups is 2. The van der Waals surface area contributed by atoms with E-state index >= 15 is 0 Å². The lowest BCUT2D eigenvalue weighted by Crippen LogP contribution is -2.29. The molecule has 1 heterocycles. The van der Waals surface area contributed by atoms with Crippen molar-refractivity contribution in [3.8, 4) is 0 Å². The second-order valence-electron chi connectivity index (χ2n) is 7.13. The summed E-state index contributed by atoms with van der Waals surface area (Å²) >= 11 is 0.642. The molecule has 13 heteroatoms. The lowest BCUT2D eigenvalue weighted by molar-refractivity contribution is -0.110. The molecule has 174 valence electrons. The molecule has 3 rings (SSSR count). The molecule has 1 fully saturated rings. The van der Waals surface area contributed by atoms with E-state index in [4.69, 9.17) is 9.94 Å². The van der Waals surface area contributed by atoms with Crippen LogP contribution < -0.4 is 5.32 Å². The molecule has 0 spiro atoms. The van der Waals surface area contributed by atoms with Gasteiger partial charge >= 0.3 is 0 Å². The smallest absolute Gasteiger partial charge is 0.280 e. The van der Waals surface area contributed by atoms with Gasteiger partial charge in [0.05, 0.1) is 23.8 Å². The number of hydrogen-bond donors (Lipinski definition) is 3. The minimum atomic E-state index is -3.82. The fraction of sp³-hybridized carbons (Fsp3) is 0.421. The highest BCUT2D eigenvalue weighted by atomic mass is 32.2. The summed E-state index contributed by atoms with van der Waals surface area (Å²) in [6.45, 7) is -0.389. The number of oxime groups is 1. The van der Waals surface area contributed by atoms with Gasteiger partial charge in [-0.15, -0.1) is 0 Å². The average molecular weight is 487 g/mol. The number of amides is 1. The van der Waals surface area contributed by atoms with Crippen LogP contribution in [-0.4, -0.2) is 71.9 Å². The Morgan fingerprint density at radius 2 is 2.09 bits per heavy atom. The molecule has 0 unspecified atom stereocenters. The number of aromatic nitrogens is 1. The number of rotatable bonds is 9. The van der Waals surface area contributed by atoms with E-state index in [9.17, 15) is 22.7 Å². The molecule has 1 aliphatic carbocycles. The summed E-state index contributed by atoms with van der Waals surface area (Å²) in [5, 5.41) is 24.5. The van der Waals surface area contributed by atoms with Gasteiger partial charge in [0.2, 0.25) is 10.0 Å². The van der Waals surface area contributed by atoms with Crippen LogP contribution in [0.3, 0.4) is 0 Å².